The van der Waals surface area contributed by atoms with Crippen LogP contribution in [0.3, 0.4) is 0 Å². The smallest absolute Gasteiger partial charge is 0.303 e. The average molecular weight is 419 g/mol. The zero-order valence-corrected chi connectivity index (χ0v) is 15.3. The molecule has 0 atom stereocenters. The SMILES string of the molecule is O=C(Nc1ccncn1)c1[nH]c(-c2ccc(C(F)(F)F)cc2Cl)[n+]2ccccc12. The van der Waals surface area contributed by atoms with Crippen molar-refractivity contribution in [2.45, 2.75) is 6.18 Å². The van der Waals surface area contributed by atoms with Crippen molar-refractivity contribution in [3.05, 3.63) is 77.5 Å². The number of fused-ring (bicyclic) bond motifs is 1. The highest BCUT2D eigenvalue weighted by Crippen LogP contribution is 2.34. The third-order valence-electron chi connectivity index (χ3n) is 4.20. The summed E-state index contributed by atoms with van der Waals surface area (Å²) >= 11 is 6.14. The van der Waals surface area contributed by atoms with E-state index in [4.69, 9.17) is 11.6 Å². The van der Waals surface area contributed by atoms with Crippen molar-refractivity contribution in [3.63, 3.8) is 0 Å². The average Bonchev–Trinajstić information content (AvgIpc) is 3.08. The number of halogens is 4. The number of amides is 1. The molecule has 0 aliphatic carbocycles. The lowest BCUT2D eigenvalue weighted by Gasteiger charge is -2.07. The number of hydrogen-bond donors (Lipinski definition) is 2. The minimum Gasteiger partial charge on any atom is -0.303 e. The zero-order chi connectivity index (χ0) is 20.6. The van der Waals surface area contributed by atoms with E-state index in [2.05, 4.69) is 20.3 Å². The second-order valence-electron chi connectivity index (χ2n) is 6.05. The van der Waals surface area contributed by atoms with Crippen LogP contribution in [0.1, 0.15) is 16.1 Å². The molecule has 3 heterocycles. The Balaban J connectivity index is 1.80. The van der Waals surface area contributed by atoms with Crippen LogP contribution in [0.4, 0.5) is 19.0 Å². The van der Waals surface area contributed by atoms with Crippen molar-refractivity contribution in [3.8, 4) is 11.4 Å². The van der Waals surface area contributed by atoms with Gasteiger partial charge in [-0.05, 0) is 36.4 Å². The van der Waals surface area contributed by atoms with Crippen molar-refractivity contribution in [1.29, 1.82) is 0 Å². The van der Waals surface area contributed by atoms with Gasteiger partial charge >= 0.3 is 12.1 Å². The quantitative estimate of drug-likeness (QED) is 0.491. The maximum absolute atomic E-state index is 12.9. The van der Waals surface area contributed by atoms with Gasteiger partial charge in [-0.15, -0.1) is 0 Å². The second-order valence-corrected chi connectivity index (χ2v) is 6.45. The number of H-pyrrole nitrogens is 1. The summed E-state index contributed by atoms with van der Waals surface area (Å²) in [6.45, 7) is 0. The summed E-state index contributed by atoms with van der Waals surface area (Å²) in [5.41, 5.74) is 0.191. The molecule has 10 heteroatoms. The predicted molar refractivity (Wildman–Crippen MR) is 99.4 cm³/mol. The fourth-order valence-corrected chi connectivity index (χ4v) is 3.15. The number of nitrogens with one attached hydrogen (secondary N) is 2. The van der Waals surface area contributed by atoms with E-state index in [1.165, 1.54) is 24.7 Å². The van der Waals surface area contributed by atoms with E-state index >= 15 is 0 Å². The molecule has 4 rings (SSSR count). The van der Waals surface area contributed by atoms with E-state index in [0.29, 0.717) is 22.7 Å². The van der Waals surface area contributed by atoms with Crippen molar-refractivity contribution < 1.29 is 22.4 Å². The van der Waals surface area contributed by atoms with Crippen molar-refractivity contribution in [1.82, 2.24) is 15.0 Å². The number of anilines is 1. The molecular weight excluding hydrogens is 407 g/mol. The number of pyridine rings is 1. The van der Waals surface area contributed by atoms with Crippen LogP contribution < -0.4 is 9.72 Å². The summed E-state index contributed by atoms with van der Waals surface area (Å²) in [5, 5.41) is 2.55. The molecule has 4 aromatic rings. The number of benzene rings is 1. The lowest BCUT2D eigenvalue weighted by molar-refractivity contribution is -0.498. The van der Waals surface area contributed by atoms with Crippen LogP contribution in [0.25, 0.3) is 16.9 Å². The van der Waals surface area contributed by atoms with Gasteiger partial charge in [-0.25, -0.2) is 15.0 Å². The van der Waals surface area contributed by atoms with Crippen LogP contribution in [0.5, 0.6) is 0 Å². The molecule has 29 heavy (non-hydrogen) atoms. The molecular formula is C19H12ClF3N5O+. The van der Waals surface area contributed by atoms with Crippen LogP contribution >= 0.6 is 11.6 Å². The Bertz CT molecular complexity index is 1210. The molecule has 0 unspecified atom stereocenters. The van der Waals surface area contributed by atoms with Crippen LogP contribution in [0.15, 0.2) is 61.2 Å². The molecule has 0 aliphatic heterocycles. The zero-order valence-electron chi connectivity index (χ0n) is 14.5. The molecule has 1 amide bonds. The van der Waals surface area contributed by atoms with Crippen molar-refractivity contribution in [2.24, 2.45) is 0 Å². The third kappa shape index (κ3) is 3.64. The van der Waals surface area contributed by atoms with E-state index in [1.807, 2.05) is 0 Å². The number of hydrogen-bond acceptors (Lipinski definition) is 3. The third-order valence-corrected chi connectivity index (χ3v) is 4.52. The van der Waals surface area contributed by atoms with Gasteiger partial charge in [-0.3, -0.25) is 4.79 Å². The molecule has 3 aromatic heterocycles. The van der Waals surface area contributed by atoms with Crippen molar-refractivity contribution >= 4 is 28.8 Å². The number of aromatic nitrogens is 4. The summed E-state index contributed by atoms with van der Waals surface area (Å²) < 4.78 is 40.5. The molecule has 6 nitrogen and oxygen atoms in total. The summed E-state index contributed by atoms with van der Waals surface area (Å²) in [6.07, 6.45) is -0.0471. The van der Waals surface area contributed by atoms with Gasteiger partial charge < -0.3 is 5.32 Å². The van der Waals surface area contributed by atoms with Crippen molar-refractivity contribution in [2.75, 3.05) is 5.32 Å². The van der Waals surface area contributed by atoms with Gasteiger partial charge in [-0.2, -0.15) is 17.6 Å². The molecule has 2 N–H and O–H groups in total. The van der Waals surface area contributed by atoms with E-state index in [0.717, 1.165) is 12.1 Å². The van der Waals surface area contributed by atoms with Crippen LogP contribution in [-0.4, -0.2) is 20.9 Å². The molecule has 0 fully saturated rings. The van der Waals surface area contributed by atoms with Crippen LogP contribution in [-0.2, 0) is 6.18 Å². The number of rotatable bonds is 3. The van der Waals surface area contributed by atoms with Gasteiger partial charge in [0.25, 0.3) is 5.82 Å². The lowest BCUT2D eigenvalue weighted by Crippen LogP contribution is -2.22. The van der Waals surface area contributed by atoms with Gasteiger partial charge in [-0.1, -0.05) is 17.7 Å². The largest absolute Gasteiger partial charge is 0.416 e. The standard InChI is InChI=1S/C19H11ClF3N5O/c20-13-9-11(19(21,22)23)4-5-12(13)17-27-16(14-3-1-2-8-28(14)17)18(29)26-15-6-7-24-10-25-15/h1-10H,(H,24,25,26,29)/p+1. The Morgan fingerprint density at radius 3 is 2.69 bits per heavy atom. The fraction of sp³-hybridized carbons (Fsp3) is 0.0526. The first-order chi connectivity index (χ1) is 13.8. The number of imidazole rings is 1. The van der Waals surface area contributed by atoms with Gasteiger partial charge in [0.15, 0.2) is 5.52 Å². The van der Waals surface area contributed by atoms with E-state index in [-0.39, 0.29) is 10.7 Å². The highest BCUT2D eigenvalue weighted by Gasteiger charge is 2.32. The Morgan fingerprint density at radius 1 is 1.17 bits per heavy atom. The number of carbonyl (C=O) groups excluding carboxylic acids is 1. The predicted octanol–water partition coefficient (Wildman–Crippen LogP) is 4.13. The first-order valence-electron chi connectivity index (χ1n) is 8.31. The van der Waals surface area contributed by atoms with Gasteiger partial charge in [0.2, 0.25) is 5.69 Å². The van der Waals surface area contributed by atoms with Gasteiger partial charge in [0, 0.05) is 6.20 Å². The number of nitrogens with zero attached hydrogens (tertiary/aromatic N) is 3. The summed E-state index contributed by atoms with van der Waals surface area (Å²) in [4.78, 5) is 23.4. The summed E-state index contributed by atoms with van der Waals surface area (Å²) in [6, 6.07) is 9.77. The van der Waals surface area contributed by atoms with Gasteiger partial charge in [0.1, 0.15) is 12.1 Å². The molecule has 0 radical (unpaired) electrons. The van der Waals surface area contributed by atoms with E-state index in [9.17, 15) is 18.0 Å². The number of carbonyl (C=O) groups is 1. The maximum atomic E-state index is 12.9. The topological polar surface area (TPSA) is 74.8 Å². The molecule has 0 aliphatic rings. The number of alkyl halides is 3. The Labute approximate surface area is 167 Å². The Hall–Kier alpha value is -3.46. The van der Waals surface area contributed by atoms with E-state index < -0.39 is 17.6 Å². The van der Waals surface area contributed by atoms with Crippen LogP contribution in [0.2, 0.25) is 5.02 Å². The first kappa shape index (κ1) is 18.9. The Kier molecular flexibility index (Phi) is 4.67. The highest BCUT2D eigenvalue weighted by molar-refractivity contribution is 6.33. The minimum absolute atomic E-state index is 0.0953. The number of aromatic amines is 1. The molecule has 0 spiro atoms. The Morgan fingerprint density at radius 2 is 2.00 bits per heavy atom. The lowest BCUT2D eigenvalue weighted by atomic mass is 10.1. The van der Waals surface area contributed by atoms with Gasteiger partial charge in [0.05, 0.1) is 22.3 Å². The molecule has 0 bridgehead atoms. The normalized spacial score (nSPS) is 11.6. The summed E-state index contributed by atoms with van der Waals surface area (Å²) in [5.74, 6) is 0.205. The first-order valence-corrected chi connectivity index (χ1v) is 8.69. The molecule has 146 valence electrons. The highest BCUT2D eigenvalue weighted by atomic mass is 35.5. The maximum Gasteiger partial charge on any atom is 0.416 e. The van der Waals surface area contributed by atoms with Crippen LogP contribution in [0, 0.1) is 0 Å². The van der Waals surface area contributed by atoms with E-state index in [1.54, 1.807) is 28.8 Å². The monoisotopic (exact) mass is 418 g/mol. The molecule has 0 saturated carbocycles. The fourth-order valence-electron chi connectivity index (χ4n) is 2.88. The second kappa shape index (κ2) is 7.17. The minimum atomic E-state index is -4.50. The molecule has 1 aromatic carbocycles. The summed E-state index contributed by atoms with van der Waals surface area (Å²) in [7, 11) is 0. The molecule has 0 saturated heterocycles.